The van der Waals surface area contributed by atoms with Gasteiger partial charge < -0.3 is 10.5 Å². The highest BCUT2D eigenvalue weighted by molar-refractivity contribution is 5.02. The lowest BCUT2D eigenvalue weighted by Gasteiger charge is -2.38. The standard InChI is InChI=1S/C20H37NO/c1-4-5-14-22-19-13-12-18(20(21)16(19)3)11-10-17-8-6-15(2)7-9-17/h10-11,15-20H,4-9,12-14,21H2,1-3H3. The van der Waals surface area contributed by atoms with Gasteiger partial charge in [0.25, 0.3) is 0 Å². The molecular weight excluding hydrogens is 270 g/mol. The third kappa shape index (κ3) is 5.09. The largest absolute Gasteiger partial charge is 0.378 e. The molecule has 22 heavy (non-hydrogen) atoms. The quantitative estimate of drug-likeness (QED) is 0.558. The fourth-order valence-electron chi connectivity index (χ4n) is 4.07. The Labute approximate surface area is 137 Å². The highest BCUT2D eigenvalue weighted by Gasteiger charge is 2.33. The molecule has 2 aliphatic rings. The van der Waals surface area contributed by atoms with Crippen molar-refractivity contribution in [2.45, 2.75) is 84.3 Å². The highest BCUT2D eigenvalue weighted by atomic mass is 16.5. The van der Waals surface area contributed by atoms with E-state index in [1.807, 2.05) is 0 Å². The Bertz CT molecular complexity index is 333. The predicted octanol–water partition coefficient (Wildman–Crippen LogP) is 4.93. The molecule has 0 bridgehead atoms. The van der Waals surface area contributed by atoms with Crippen LogP contribution in [0, 0.1) is 23.7 Å². The summed E-state index contributed by atoms with van der Waals surface area (Å²) in [5.74, 6) is 2.77. The molecular formula is C20H37NO. The summed E-state index contributed by atoms with van der Waals surface area (Å²) in [5, 5.41) is 0. The molecule has 0 radical (unpaired) electrons. The SMILES string of the molecule is CCCCOC1CCC(C=CC2CCC(C)CC2)C(N)C1C. The van der Waals surface area contributed by atoms with Crippen molar-refractivity contribution in [1.29, 1.82) is 0 Å². The van der Waals surface area contributed by atoms with Crippen LogP contribution in [0.15, 0.2) is 12.2 Å². The van der Waals surface area contributed by atoms with Crippen LogP contribution in [0.3, 0.4) is 0 Å². The lowest BCUT2D eigenvalue weighted by molar-refractivity contribution is -0.0214. The number of hydrogen-bond donors (Lipinski definition) is 1. The molecule has 0 aromatic heterocycles. The summed E-state index contributed by atoms with van der Waals surface area (Å²) in [6.45, 7) is 7.78. The minimum atomic E-state index is 0.263. The Morgan fingerprint density at radius 1 is 1.00 bits per heavy atom. The van der Waals surface area contributed by atoms with Crippen LogP contribution in [-0.2, 0) is 4.74 Å². The number of allylic oxidation sites excluding steroid dienone is 1. The second-order valence-electron chi connectivity index (χ2n) is 7.85. The zero-order chi connectivity index (χ0) is 15.9. The normalized spacial score (nSPS) is 40.2. The van der Waals surface area contributed by atoms with Crippen molar-refractivity contribution in [1.82, 2.24) is 0 Å². The summed E-state index contributed by atoms with van der Waals surface area (Å²) < 4.78 is 6.06. The van der Waals surface area contributed by atoms with Crippen molar-refractivity contribution in [3.8, 4) is 0 Å². The lowest BCUT2D eigenvalue weighted by Crippen LogP contribution is -2.46. The van der Waals surface area contributed by atoms with Crippen molar-refractivity contribution >= 4 is 0 Å². The van der Waals surface area contributed by atoms with Crippen LogP contribution < -0.4 is 5.73 Å². The molecule has 2 fully saturated rings. The lowest BCUT2D eigenvalue weighted by atomic mass is 9.75. The summed E-state index contributed by atoms with van der Waals surface area (Å²) >= 11 is 0. The monoisotopic (exact) mass is 307 g/mol. The zero-order valence-electron chi connectivity index (χ0n) is 15.0. The molecule has 0 spiro atoms. The van der Waals surface area contributed by atoms with Gasteiger partial charge >= 0.3 is 0 Å². The molecule has 128 valence electrons. The average Bonchev–Trinajstić information content (AvgIpc) is 2.52. The van der Waals surface area contributed by atoms with Gasteiger partial charge in [0.1, 0.15) is 0 Å². The Balaban J connectivity index is 1.79. The first-order chi connectivity index (χ1) is 10.6. The van der Waals surface area contributed by atoms with E-state index in [1.54, 1.807) is 0 Å². The second kappa shape index (κ2) is 9.08. The van der Waals surface area contributed by atoms with Gasteiger partial charge in [0, 0.05) is 12.6 Å². The molecule has 2 nitrogen and oxygen atoms in total. The molecule has 0 saturated heterocycles. The van der Waals surface area contributed by atoms with E-state index in [2.05, 4.69) is 32.9 Å². The number of nitrogens with two attached hydrogens (primary N) is 1. The first-order valence-corrected chi connectivity index (χ1v) is 9.67. The van der Waals surface area contributed by atoms with E-state index >= 15 is 0 Å². The van der Waals surface area contributed by atoms with Gasteiger partial charge in [0.15, 0.2) is 0 Å². The average molecular weight is 308 g/mol. The molecule has 0 aromatic carbocycles. The Hall–Kier alpha value is -0.340. The van der Waals surface area contributed by atoms with Crippen molar-refractivity contribution < 1.29 is 4.74 Å². The van der Waals surface area contributed by atoms with E-state index in [1.165, 1.54) is 51.4 Å². The van der Waals surface area contributed by atoms with Crippen LogP contribution in [0.25, 0.3) is 0 Å². The topological polar surface area (TPSA) is 35.2 Å². The highest BCUT2D eigenvalue weighted by Crippen LogP contribution is 2.33. The minimum absolute atomic E-state index is 0.263. The molecule has 0 amide bonds. The minimum Gasteiger partial charge on any atom is -0.378 e. The van der Waals surface area contributed by atoms with E-state index in [4.69, 9.17) is 10.5 Å². The fourth-order valence-corrected chi connectivity index (χ4v) is 4.07. The van der Waals surface area contributed by atoms with Crippen molar-refractivity contribution in [3.63, 3.8) is 0 Å². The van der Waals surface area contributed by atoms with Gasteiger partial charge in [-0.25, -0.2) is 0 Å². The van der Waals surface area contributed by atoms with E-state index in [-0.39, 0.29) is 6.04 Å². The van der Waals surface area contributed by atoms with Gasteiger partial charge in [0.2, 0.25) is 0 Å². The summed E-state index contributed by atoms with van der Waals surface area (Å²) in [6.07, 6.45) is 15.6. The third-order valence-corrected chi connectivity index (χ3v) is 5.99. The smallest absolute Gasteiger partial charge is 0.0615 e. The number of unbranched alkanes of at least 4 members (excludes halogenated alkanes) is 1. The van der Waals surface area contributed by atoms with Crippen molar-refractivity contribution in [2.24, 2.45) is 29.4 Å². The molecule has 0 aliphatic heterocycles. The maximum Gasteiger partial charge on any atom is 0.0615 e. The van der Waals surface area contributed by atoms with Crippen molar-refractivity contribution in [3.05, 3.63) is 12.2 Å². The molecule has 4 atom stereocenters. The summed E-state index contributed by atoms with van der Waals surface area (Å²) in [6, 6.07) is 0.263. The van der Waals surface area contributed by atoms with Crippen LogP contribution in [0.5, 0.6) is 0 Å². The Morgan fingerprint density at radius 2 is 1.73 bits per heavy atom. The zero-order valence-corrected chi connectivity index (χ0v) is 15.0. The molecule has 2 heteroatoms. The third-order valence-electron chi connectivity index (χ3n) is 5.99. The van der Waals surface area contributed by atoms with Crippen LogP contribution in [0.2, 0.25) is 0 Å². The molecule has 0 aromatic rings. The van der Waals surface area contributed by atoms with Gasteiger partial charge in [-0.2, -0.15) is 0 Å². The molecule has 2 saturated carbocycles. The van der Waals surface area contributed by atoms with Crippen LogP contribution >= 0.6 is 0 Å². The summed E-state index contributed by atoms with van der Waals surface area (Å²) in [5.41, 5.74) is 6.52. The number of hydrogen-bond acceptors (Lipinski definition) is 2. The van der Waals surface area contributed by atoms with E-state index in [0.29, 0.717) is 17.9 Å². The first kappa shape index (κ1) is 18.0. The first-order valence-electron chi connectivity index (χ1n) is 9.67. The predicted molar refractivity (Wildman–Crippen MR) is 94.8 cm³/mol. The molecule has 0 heterocycles. The van der Waals surface area contributed by atoms with E-state index in [9.17, 15) is 0 Å². The van der Waals surface area contributed by atoms with Crippen LogP contribution in [0.1, 0.15) is 72.1 Å². The molecule has 4 unspecified atom stereocenters. The summed E-state index contributed by atoms with van der Waals surface area (Å²) in [7, 11) is 0. The van der Waals surface area contributed by atoms with E-state index < -0.39 is 0 Å². The van der Waals surface area contributed by atoms with E-state index in [0.717, 1.165) is 18.4 Å². The van der Waals surface area contributed by atoms with Crippen molar-refractivity contribution in [2.75, 3.05) is 6.61 Å². The maximum atomic E-state index is 6.52. The molecule has 2 aliphatic carbocycles. The number of rotatable bonds is 6. The van der Waals surface area contributed by atoms with Gasteiger partial charge in [0.05, 0.1) is 6.10 Å². The number of ether oxygens (including phenoxy) is 1. The maximum absolute atomic E-state index is 6.52. The van der Waals surface area contributed by atoms with Crippen LogP contribution in [-0.4, -0.2) is 18.8 Å². The Kier molecular flexibility index (Phi) is 7.43. The second-order valence-corrected chi connectivity index (χ2v) is 7.85. The Morgan fingerprint density at radius 3 is 2.41 bits per heavy atom. The van der Waals surface area contributed by atoms with Crippen LogP contribution in [0.4, 0.5) is 0 Å². The van der Waals surface area contributed by atoms with Gasteiger partial charge in [-0.3, -0.25) is 0 Å². The molecule has 2 rings (SSSR count). The molecule has 2 N–H and O–H groups in total. The fraction of sp³-hybridized carbons (Fsp3) is 0.900. The van der Waals surface area contributed by atoms with Gasteiger partial charge in [-0.15, -0.1) is 0 Å². The summed E-state index contributed by atoms with van der Waals surface area (Å²) in [4.78, 5) is 0. The van der Waals surface area contributed by atoms with Gasteiger partial charge in [-0.1, -0.05) is 52.2 Å². The van der Waals surface area contributed by atoms with Gasteiger partial charge in [-0.05, 0) is 55.8 Å².